The van der Waals surface area contributed by atoms with Crippen LogP contribution in [0.3, 0.4) is 0 Å². The van der Waals surface area contributed by atoms with Crippen molar-refractivity contribution in [3.8, 4) is 11.4 Å². The van der Waals surface area contributed by atoms with Gasteiger partial charge in [-0.2, -0.15) is 0 Å². The van der Waals surface area contributed by atoms with Crippen molar-refractivity contribution in [3.05, 3.63) is 60.4 Å². The van der Waals surface area contributed by atoms with E-state index in [1.165, 1.54) is 0 Å². The molecule has 1 aromatic carbocycles. The molecule has 1 unspecified atom stereocenters. The van der Waals surface area contributed by atoms with E-state index in [9.17, 15) is 9.00 Å². The lowest BCUT2D eigenvalue weighted by atomic mass is 10.2. The molecule has 2 N–H and O–H groups in total. The first-order valence-electron chi connectivity index (χ1n) is 10.6. The Labute approximate surface area is 195 Å². The van der Waals surface area contributed by atoms with E-state index in [0.717, 1.165) is 17.9 Å². The average Bonchev–Trinajstić information content (AvgIpc) is 2.85. The lowest BCUT2D eigenvalue weighted by molar-refractivity contribution is 0.0985. The summed E-state index contributed by atoms with van der Waals surface area (Å²) < 4.78 is 18.5. The largest absolute Gasteiger partial charge is 0.377 e. The number of carbonyl (C=O) groups is 1. The standard InChI is InChI=1S/C23H26N6O3S/c1-16-14-32-12-11-29(16)20-13-19(15-33(31)21-5-3-4-10-25-21)26-22(28-20)17-6-8-18(9-7-17)27-23(30)24-2/h3-10,13,16H,11-12,14-15H2,1-2H3,(H2,24,27,30)/t16-,33?/m0/s1. The summed E-state index contributed by atoms with van der Waals surface area (Å²) in [5, 5.41) is 5.77. The third kappa shape index (κ3) is 5.71. The van der Waals surface area contributed by atoms with Crippen molar-refractivity contribution >= 4 is 28.3 Å². The van der Waals surface area contributed by atoms with E-state index >= 15 is 0 Å². The molecule has 2 atom stereocenters. The molecule has 0 spiro atoms. The van der Waals surface area contributed by atoms with E-state index in [1.807, 2.05) is 24.3 Å². The maximum Gasteiger partial charge on any atom is 0.318 e. The van der Waals surface area contributed by atoms with E-state index in [1.54, 1.807) is 37.5 Å². The Bertz CT molecular complexity index is 1130. The predicted octanol–water partition coefficient (Wildman–Crippen LogP) is 2.82. The van der Waals surface area contributed by atoms with Gasteiger partial charge in [-0.3, -0.25) is 4.21 Å². The summed E-state index contributed by atoms with van der Waals surface area (Å²) >= 11 is 0. The third-order valence-corrected chi connectivity index (χ3v) is 6.47. The first-order chi connectivity index (χ1) is 16.0. The predicted molar refractivity (Wildman–Crippen MR) is 128 cm³/mol. The summed E-state index contributed by atoms with van der Waals surface area (Å²) in [4.78, 5) is 27.5. The molecule has 0 bridgehead atoms. The number of hydrogen-bond donors (Lipinski definition) is 2. The van der Waals surface area contributed by atoms with Crippen LogP contribution in [0.25, 0.3) is 11.4 Å². The maximum absolute atomic E-state index is 12.9. The molecule has 172 valence electrons. The number of urea groups is 1. The topological polar surface area (TPSA) is 109 Å². The Balaban J connectivity index is 1.66. The lowest BCUT2D eigenvalue weighted by Crippen LogP contribution is -2.44. The van der Waals surface area contributed by atoms with Gasteiger partial charge in [-0.25, -0.2) is 19.7 Å². The number of carbonyl (C=O) groups excluding carboxylic acids is 1. The van der Waals surface area contributed by atoms with Crippen LogP contribution in [-0.2, 0) is 21.3 Å². The molecular weight excluding hydrogens is 440 g/mol. The second-order valence-corrected chi connectivity index (χ2v) is 9.00. The number of pyridine rings is 1. The van der Waals surface area contributed by atoms with Crippen LogP contribution in [0, 0.1) is 0 Å². The summed E-state index contributed by atoms with van der Waals surface area (Å²) in [6.07, 6.45) is 1.63. The van der Waals surface area contributed by atoms with Crippen LogP contribution in [0.4, 0.5) is 16.3 Å². The minimum atomic E-state index is -1.33. The highest BCUT2D eigenvalue weighted by Crippen LogP contribution is 2.25. The van der Waals surface area contributed by atoms with Gasteiger partial charge in [0.25, 0.3) is 0 Å². The zero-order valence-electron chi connectivity index (χ0n) is 18.5. The molecule has 10 heteroatoms. The van der Waals surface area contributed by atoms with Crippen LogP contribution in [0.5, 0.6) is 0 Å². The summed E-state index contributed by atoms with van der Waals surface area (Å²) in [5.74, 6) is 1.54. The van der Waals surface area contributed by atoms with Crippen molar-refractivity contribution in [1.82, 2.24) is 20.3 Å². The van der Waals surface area contributed by atoms with Crippen LogP contribution in [0.15, 0.2) is 59.8 Å². The molecule has 3 aromatic rings. The highest BCUT2D eigenvalue weighted by Gasteiger charge is 2.22. The Morgan fingerprint density at radius 3 is 2.73 bits per heavy atom. The summed E-state index contributed by atoms with van der Waals surface area (Å²) in [6.45, 7) is 4.05. The minimum Gasteiger partial charge on any atom is -0.377 e. The first-order valence-corrected chi connectivity index (χ1v) is 12.0. The number of amides is 2. The van der Waals surface area contributed by atoms with Gasteiger partial charge in [0.15, 0.2) is 5.82 Å². The Kier molecular flexibility index (Phi) is 7.26. The van der Waals surface area contributed by atoms with Crippen molar-refractivity contribution in [3.63, 3.8) is 0 Å². The second-order valence-electron chi connectivity index (χ2n) is 7.60. The molecule has 0 aliphatic carbocycles. The molecule has 0 saturated carbocycles. The van der Waals surface area contributed by atoms with E-state index in [2.05, 4.69) is 27.4 Å². The number of nitrogens with one attached hydrogen (secondary N) is 2. The van der Waals surface area contributed by atoms with Crippen molar-refractivity contribution in [2.75, 3.05) is 37.0 Å². The number of benzene rings is 1. The summed E-state index contributed by atoms with van der Waals surface area (Å²) in [7, 11) is 0.230. The number of hydrogen-bond acceptors (Lipinski definition) is 7. The quantitative estimate of drug-likeness (QED) is 0.575. The third-order valence-electron chi connectivity index (χ3n) is 5.21. The molecule has 1 saturated heterocycles. The van der Waals surface area contributed by atoms with Gasteiger partial charge in [-0.05, 0) is 43.3 Å². The van der Waals surface area contributed by atoms with Crippen molar-refractivity contribution in [1.29, 1.82) is 0 Å². The molecule has 33 heavy (non-hydrogen) atoms. The van der Waals surface area contributed by atoms with Gasteiger partial charge in [-0.15, -0.1) is 0 Å². The Morgan fingerprint density at radius 2 is 2.03 bits per heavy atom. The number of aromatic nitrogens is 3. The molecule has 9 nitrogen and oxygen atoms in total. The number of rotatable bonds is 6. The highest BCUT2D eigenvalue weighted by molar-refractivity contribution is 7.84. The van der Waals surface area contributed by atoms with Crippen LogP contribution < -0.4 is 15.5 Å². The fraction of sp³-hybridized carbons (Fsp3) is 0.304. The zero-order chi connectivity index (χ0) is 23.2. The van der Waals surface area contributed by atoms with Gasteiger partial charge in [0, 0.05) is 37.1 Å². The SMILES string of the molecule is CNC(=O)Nc1ccc(-c2nc(CS(=O)c3ccccn3)cc(N3CCOC[C@@H]3C)n2)cc1. The maximum atomic E-state index is 12.9. The van der Waals surface area contributed by atoms with E-state index in [4.69, 9.17) is 14.7 Å². The highest BCUT2D eigenvalue weighted by atomic mass is 32.2. The summed E-state index contributed by atoms with van der Waals surface area (Å²) in [6, 6.07) is 14.4. The molecule has 2 aromatic heterocycles. The van der Waals surface area contributed by atoms with Crippen molar-refractivity contribution < 1.29 is 13.7 Å². The molecule has 3 heterocycles. The molecular formula is C23H26N6O3S. The van der Waals surface area contributed by atoms with Gasteiger partial charge >= 0.3 is 6.03 Å². The number of morpholine rings is 1. The second kappa shape index (κ2) is 10.5. The fourth-order valence-electron chi connectivity index (χ4n) is 3.49. The molecule has 1 fully saturated rings. The van der Waals surface area contributed by atoms with Crippen LogP contribution in [0.1, 0.15) is 12.6 Å². The van der Waals surface area contributed by atoms with Gasteiger partial charge in [0.05, 0.1) is 41.5 Å². The zero-order valence-corrected chi connectivity index (χ0v) is 19.3. The number of nitrogens with zero attached hydrogens (tertiary/aromatic N) is 4. The lowest BCUT2D eigenvalue weighted by Gasteiger charge is -2.34. The van der Waals surface area contributed by atoms with E-state index in [-0.39, 0.29) is 17.8 Å². The van der Waals surface area contributed by atoms with Crippen LogP contribution in [0.2, 0.25) is 0 Å². The molecule has 1 aliphatic heterocycles. The fourth-order valence-corrected chi connectivity index (χ4v) is 4.46. The van der Waals surface area contributed by atoms with Crippen LogP contribution in [-0.4, -0.2) is 58.0 Å². The number of anilines is 2. The van der Waals surface area contributed by atoms with Crippen molar-refractivity contribution in [2.45, 2.75) is 23.7 Å². The van der Waals surface area contributed by atoms with Crippen LogP contribution >= 0.6 is 0 Å². The number of ether oxygens (including phenoxy) is 1. The van der Waals surface area contributed by atoms with Gasteiger partial charge in [0.1, 0.15) is 10.8 Å². The van der Waals surface area contributed by atoms with Gasteiger partial charge in [0.2, 0.25) is 0 Å². The molecule has 0 radical (unpaired) electrons. The Morgan fingerprint density at radius 1 is 1.21 bits per heavy atom. The monoisotopic (exact) mass is 466 g/mol. The smallest absolute Gasteiger partial charge is 0.318 e. The summed E-state index contributed by atoms with van der Waals surface area (Å²) in [5.41, 5.74) is 2.13. The van der Waals surface area contributed by atoms with E-state index < -0.39 is 10.8 Å². The normalized spacial score (nSPS) is 16.8. The van der Waals surface area contributed by atoms with E-state index in [0.29, 0.717) is 35.4 Å². The molecule has 2 amide bonds. The molecule has 4 rings (SSSR count). The first kappa shape index (κ1) is 22.8. The molecule has 1 aliphatic rings. The van der Waals surface area contributed by atoms with Crippen molar-refractivity contribution in [2.24, 2.45) is 0 Å². The Hall–Kier alpha value is -3.37. The minimum absolute atomic E-state index is 0.162. The van der Waals surface area contributed by atoms with Gasteiger partial charge in [-0.1, -0.05) is 6.07 Å². The van der Waals surface area contributed by atoms with Gasteiger partial charge < -0.3 is 20.3 Å². The average molecular weight is 467 g/mol.